The summed E-state index contributed by atoms with van der Waals surface area (Å²) in [6.07, 6.45) is 0.745. The van der Waals surface area contributed by atoms with Crippen molar-refractivity contribution >= 4 is 29.5 Å². The molecule has 0 fully saturated rings. The molecule has 13 nitrogen and oxygen atoms in total. The van der Waals surface area contributed by atoms with Crippen molar-refractivity contribution in [3.63, 3.8) is 0 Å². The predicted molar refractivity (Wildman–Crippen MR) is 118 cm³/mol. The maximum atomic E-state index is 11.3. The third-order valence-corrected chi connectivity index (χ3v) is 4.84. The van der Waals surface area contributed by atoms with Crippen LogP contribution in [0.1, 0.15) is 32.1 Å². The Hall–Kier alpha value is -2.77. The van der Waals surface area contributed by atoms with Crippen LogP contribution in [0.15, 0.2) is 0 Å². The summed E-state index contributed by atoms with van der Waals surface area (Å²) in [5.74, 6) is -2.22. The number of nitrogens with zero attached hydrogens (tertiary/aromatic N) is 3. The molecular weight excluding hydrogens is 420 g/mol. The van der Waals surface area contributed by atoms with Gasteiger partial charge in [-0.3, -0.25) is 24.0 Å². The Balaban J connectivity index is 4.97. The van der Waals surface area contributed by atoms with E-state index in [2.05, 4.69) is 0 Å². The second-order valence-corrected chi connectivity index (χ2v) is 7.61. The molecule has 10 N–H and O–H groups in total. The van der Waals surface area contributed by atoms with Crippen molar-refractivity contribution in [2.75, 3.05) is 58.9 Å². The number of carbonyl (C=O) groups excluding carboxylic acids is 5. The molecule has 184 valence electrons. The fourth-order valence-electron chi connectivity index (χ4n) is 2.91. The fraction of sp³-hybridized carbons (Fsp3) is 0.737. The Morgan fingerprint density at radius 1 is 0.344 bits per heavy atom. The van der Waals surface area contributed by atoms with Crippen molar-refractivity contribution in [3.05, 3.63) is 0 Å². The van der Waals surface area contributed by atoms with Gasteiger partial charge in [0.25, 0.3) is 0 Å². The smallest absolute Gasteiger partial charge is 0.218 e. The van der Waals surface area contributed by atoms with Gasteiger partial charge in [-0.25, -0.2) is 0 Å². The average Bonchev–Trinajstić information content (AvgIpc) is 2.68. The second-order valence-electron chi connectivity index (χ2n) is 7.61. The largest absolute Gasteiger partial charge is 0.370 e. The van der Waals surface area contributed by atoms with Crippen LogP contribution in [0.5, 0.6) is 0 Å². The second kappa shape index (κ2) is 16.9. The zero-order valence-corrected chi connectivity index (χ0v) is 18.7. The molecule has 0 saturated heterocycles. The van der Waals surface area contributed by atoms with Gasteiger partial charge in [0, 0.05) is 91.0 Å². The molecule has 0 aromatic heterocycles. The molecule has 0 aromatic carbocycles. The van der Waals surface area contributed by atoms with Gasteiger partial charge in [0.1, 0.15) is 0 Å². The lowest BCUT2D eigenvalue weighted by molar-refractivity contribution is -0.120. The number of hydrogen-bond acceptors (Lipinski definition) is 8. The van der Waals surface area contributed by atoms with Crippen LogP contribution < -0.4 is 28.7 Å². The van der Waals surface area contributed by atoms with Crippen molar-refractivity contribution < 1.29 is 24.0 Å². The number of nitrogens with two attached hydrogens (primary N) is 5. The van der Waals surface area contributed by atoms with Gasteiger partial charge in [-0.2, -0.15) is 0 Å². The van der Waals surface area contributed by atoms with Crippen molar-refractivity contribution in [3.8, 4) is 0 Å². The van der Waals surface area contributed by atoms with Crippen LogP contribution in [0.25, 0.3) is 0 Å². The summed E-state index contributed by atoms with van der Waals surface area (Å²) in [5, 5.41) is 0. The summed E-state index contributed by atoms with van der Waals surface area (Å²) in [6, 6.07) is 0. The summed E-state index contributed by atoms with van der Waals surface area (Å²) in [6.45, 7) is 4.04. The summed E-state index contributed by atoms with van der Waals surface area (Å²) in [4.78, 5) is 61.6. The van der Waals surface area contributed by atoms with Gasteiger partial charge in [-0.1, -0.05) is 0 Å². The first-order chi connectivity index (χ1) is 15.0. The third-order valence-electron chi connectivity index (χ3n) is 4.84. The highest BCUT2D eigenvalue weighted by Gasteiger charge is 2.15. The van der Waals surface area contributed by atoms with E-state index in [-0.39, 0.29) is 32.1 Å². The quantitative estimate of drug-likeness (QED) is 0.115. The van der Waals surface area contributed by atoms with E-state index in [1.165, 1.54) is 0 Å². The van der Waals surface area contributed by atoms with E-state index in [4.69, 9.17) is 28.7 Å². The highest BCUT2D eigenvalue weighted by atomic mass is 16.2. The molecule has 0 radical (unpaired) electrons. The van der Waals surface area contributed by atoms with E-state index in [0.29, 0.717) is 58.9 Å². The van der Waals surface area contributed by atoms with E-state index in [0.717, 1.165) is 0 Å². The van der Waals surface area contributed by atoms with Crippen molar-refractivity contribution in [2.45, 2.75) is 32.1 Å². The number of amides is 5. The van der Waals surface area contributed by atoms with Gasteiger partial charge in [-0.15, -0.1) is 0 Å². The van der Waals surface area contributed by atoms with Crippen LogP contribution in [0, 0.1) is 0 Å². The molecule has 0 bridgehead atoms. The lowest BCUT2D eigenvalue weighted by atomic mass is 10.2. The lowest BCUT2D eigenvalue weighted by Gasteiger charge is -2.29. The van der Waals surface area contributed by atoms with Crippen LogP contribution in [0.2, 0.25) is 0 Å². The normalized spacial score (nSPS) is 11.2. The topological polar surface area (TPSA) is 225 Å². The van der Waals surface area contributed by atoms with Gasteiger partial charge in [-0.05, 0) is 0 Å². The SMILES string of the molecule is NC(=O)CCN(CCC(N)=O)CCN(CCC(N)=O)CCN(CCC(N)=O)CCC(N)=O. The van der Waals surface area contributed by atoms with Crippen molar-refractivity contribution in [1.82, 2.24) is 14.7 Å². The number of carbonyl (C=O) groups is 5. The molecule has 0 heterocycles. The summed E-state index contributed by atoms with van der Waals surface area (Å²) in [5.41, 5.74) is 26.2. The molecule has 13 heteroatoms. The Kier molecular flexibility index (Phi) is 15.4. The highest BCUT2D eigenvalue weighted by molar-refractivity contribution is 5.75. The summed E-state index contributed by atoms with van der Waals surface area (Å²) in [7, 11) is 0. The molecule has 0 saturated carbocycles. The first-order valence-corrected chi connectivity index (χ1v) is 10.6. The minimum atomic E-state index is -0.445. The highest BCUT2D eigenvalue weighted by Crippen LogP contribution is 2.01. The van der Waals surface area contributed by atoms with Gasteiger partial charge in [0.2, 0.25) is 29.5 Å². The molecule has 0 aliphatic carbocycles. The molecule has 0 spiro atoms. The molecule has 0 atom stereocenters. The maximum absolute atomic E-state index is 11.3. The van der Waals surface area contributed by atoms with Crippen LogP contribution in [-0.4, -0.2) is 103 Å². The van der Waals surface area contributed by atoms with Crippen LogP contribution in [0.4, 0.5) is 0 Å². The van der Waals surface area contributed by atoms with E-state index < -0.39 is 29.5 Å². The number of rotatable bonds is 21. The zero-order chi connectivity index (χ0) is 24.5. The minimum absolute atomic E-state index is 0.147. The summed E-state index contributed by atoms with van der Waals surface area (Å²) >= 11 is 0. The average molecular weight is 459 g/mol. The van der Waals surface area contributed by atoms with Gasteiger partial charge < -0.3 is 43.4 Å². The Labute approximate surface area is 188 Å². The first kappa shape index (κ1) is 29.2. The lowest BCUT2D eigenvalue weighted by Crippen LogP contribution is -2.43. The molecular formula is C19H38N8O5. The molecule has 0 aliphatic rings. The third kappa shape index (κ3) is 18.0. The summed E-state index contributed by atoms with van der Waals surface area (Å²) < 4.78 is 0. The molecule has 0 aliphatic heterocycles. The number of hydrogen-bond donors (Lipinski definition) is 5. The first-order valence-electron chi connectivity index (χ1n) is 10.6. The van der Waals surface area contributed by atoms with Gasteiger partial charge in [0.05, 0.1) is 0 Å². The molecule has 0 unspecified atom stereocenters. The monoisotopic (exact) mass is 458 g/mol. The molecule has 32 heavy (non-hydrogen) atoms. The molecule has 0 rings (SSSR count). The van der Waals surface area contributed by atoms with E-state index in [1.54, 1.807) is 0 Å². The Morgan fingerprint density at radius 3 is 0.656 bits per heavy atom. The van der Waals surface area contributed by atoms with Crippen LogP contribution in [-0.2, 0) is 24.0 Å². The van der Waals surface area contributed by atoms with Crippen molar-refractivity contribution in [1.29, 1.82) is 0 Å². The Bertz CT molecular complexity index is 551. The number of primary amides is 5. The standard InChI is InChI=1S/C19H38N8O5/c20-15(28)1-6-25(7-2-16(21)29)11-13-27(10-5-19(24)32)14-12-26(8-3-17(22)30)9-4-18(23)31/h1-14H2,(H2,20,28)(H2,21,29)(H2,22,30)(H2,23,31)(H2,24,32). The maximum Gasteiger partial charge on any atom is 0.218 e. The fourth-order valence-corrected chi connectivity index (χ4v) is 2.91. The van der Waals surface area contributed by atoms with E-state index >= 15 is 0 Å². The molecule has 5 amide bonds. The van der Waals surface area contributed by atoms with E-state index in [1.807, 2.05) is 14.7 Å². The van der Waals surface area contributed by atoms with Gasteiger partial charge >= 0.3 is 0 Å². The zero-order valence-electron chi connectivity index (χ0n) is 18.7. The van der Waals surface area contributed by atoms with Gasteiger partial charge in [0.15, 0.2) is 0 Å². The van der Waals surface area contributed by atoms with Crippen LogP contribution >= 0.6 is 0 Å². The minimum Gasteiger partial charge on any atom is -0.370 e. The Morgan fingerprint density at radius 2 is 0.500 bits per heavy atom. The molecule has 0 aromatic rings. The van der Waals surface area contributed by atoms with Crippen LogP contribution in [0.3, 0.4) is 0 Å². The van der Waals surface area contributed by atoms with Crippen molar-refractivity contribution in [2.24, 2.45) is 28.7 Å². The van der Waals surface area contributed by atoms with E-state index in [9.17, 15) is 24.0 Å². The predicted octanol–water partition coefficient (Wildman–Crippen LogP) is -3.73.